The average molecular weight is 275 g/mol. The smallest absolute Gasteiger partial charge is 0.223 e. The van der Waals surface area contributed by atoms with E-state index < -0.39 is 0 Å². The summed E-state index contributed by atoms with van der Waals surface area (Å²) < 4.78 is 14.2. The third-order valence-corrected chi connectivity index (χ3v) is 4.61. The van der Waals surface area contributed by atoms with Gasteiger partial charge in [0.1, 0.15) is 5.82 Å². The van der Waals surface area contributed by atoms with E-state index in [4.69, 9.17) is 0 Å². The van der Waals surface area contributed by atoms with E-state index in [9.17, 15) is 9.18 Å². The van der Waals surface area contributed by atoms with Crippen LogP contribution in [0.15, 0.2) is 18.2 Å². The first-order valence-corrected chi connectivity index (χ1v) is 7.71. The second-order valence-corrected chi connectivity index (χ2v) is 6.33. The third-order valence-electron chi connectivity index (χ3n) is 4.61. The van der Waals surface area contributed by atoms with Crippen LogP contribution in [0.3, 0.4) is 0 Å². The van der Waals surface area contributed by atoms with Gasteiger partial charge >= 0.3 is 0 Å². The molecule has 2 saturated carbocycles. The van der Waals surface area contributed by atoms with Gasteiger partial charge in [0, 0.05) is 11.5 Å². The number of carbonyl (C=O) groups excluding carboxylic acids is 1. The van der Waals surface area contributed by atoms with Gasteiger partial charge in [0.2, 0.25) is 5.91 Å². The van der Waals surface area contributed by atoms with E-state index in [2.05, 4.69) is 5.32 Å². The van der Waals surface area contributed by atoms with Crippen molar-refractivity contribution in [2.75, 3.05) is 0 Å². The SMILES string of the molecule is Cc1ccc([C@H](NC(=O)C2CCCC2)C2CC2)c(F)c1. The van der Waals surface area contributed by atoms with Crippen molar-refractivity contribution in [2.24, 2.45) is 11.8 Å². The third kappa shape index (κ3) is 2.87. The van der Waals surface area contributed by atoms with Crippen LogP contribution in [0.1, 0.15) is 55.7 Å². The van der Waals surface area contributed by atoms with Crippen molar-refractivity contribution in [3.8, 4) is 0 Å². The number of hydrogen-bond donors (Lipinski definition) is 1. The molecule has 0 spiro atoms. The Balaban J connectivity index is 1.76. The van der Waals surface area contributed by atoms with E-state index in [0.29, 0.717) is 11.5 Å². The van der Waals surface area contributed by atoms with Gasteiger partial charge in [-0.05, 0) is 50.2 Å². The molecule has 108 valence electrons. The minimum Gasteiger partial charge on any atom is -0.349 e. The summed E-state index contributed by atoms with van der Waals surface area (Å²) in [5.41, 5.74) is 1.58. The molecule has 1 atom stereocenters. The monoisotopic (exact) mass is 275 g/mol. The highest BCUT2D eigenvalue weighted by atomic mass is 19.1. The lowest BCUT2D eigenvalue weighted by Gasteiger charge is -2.21. The topological polar surface area (TPSA) is 29.1 Å². The Morgan fingerprint density at radius 2 is 1.95 bits per heavy atom. The fourth-order valence-corrected chi connectivity index (χ4v) is 3.22. The Labute approximate surface area is 119 Å². The highest BCUT2D eigenvalue weighted by molar-refractivity contribution is 5.79. The van der Waals surface area contributed by atoms with Crippen molar-refractivity contribution in [3.05, 3.63) is 35.1 Å². The molecule has 1 N–H and O–H groups in total. The van der Waals surface area contributed by atoms with Crippen molar-refractivity contribution >= 4 is 5.91 Å². The molecule has 2 fully saturated rings. The maximum Gasteiger partial charge on any atom is 0.223 e. The Morgan fingerprint density at radius 3 is 2.55 bits per heavy atom. The number of hydrogen-bond acceptors (Lipinski definition) is 1. The van der Waals surface area contributed by atoms with E-state index in [1.165, 1.54) is 0 Å². The molecule has 2 aliphatic rings. The molecule has 0 saturated heterocycles. The minimum atomic E-state index is -0.186. The second-order valence-electron chi connectivity index (χ2n) is 6.33. The first kappa shape index (κ1) is 13.6. The molecule has 20 heavy (non-hydrogen) atoms. The van der Waals surface area contributed by atoms with Crippen LogP contribution in [0.5, 0.6) is 0 Å². The van der Waals surface area contributed by atoms with E-state index in [0.717, 1.165) is 44.1 Å². The molecule has 1 amide bonds. The summed E-state index contributed by atoms with van der Waals surface area (Å²) in [6.07, 6.45) is 6.43. The maximum atomic E-state index is 14.2. The molecule has 0 unspecified atom stereocenters. The van der Waals surface area contributed by atoms with Crippen molar-refractivity contribution in [1.29, 1.82) is 0 Å². The van der Waals surface area contributed by atoms with Gasteiger partial charge in [-0.1, -0.05) is 25.0 Å². The zero-order valence-electron chi connectivity index (χ0n) is 12.0. The molecule has 3 rings (SSSR count). The molecule has 2 nitrogen and oxygen atoms in total. The van der Waals surface area contributed by atoms with Crippen LogP contribution in [0.2, 0.25) is 0 Å². The molecule has 0 radical (unpaired) electrons. The summed E-state index contributed by atoms with van der Waals surface area (Å²) in [6, 6.07) is 5.19. The highest BCUT2D eigenvalue weighted by Crippen LogP contribution is 2.42. The summed E-state index contributed by atoms with van der Waals surface area (Å²) in [4.78, 5) is 12.3. The summed E-state index contributed by atoms with van der Waals surface area (Å²) in [5.74, 6) is 0.496. The lowest BCUT2D eigenvalue weighted by Crippen LogP contribution is -2.34. The van der Waals surface area contributed by atoms with E-state index in [1.807, 2.05) is 19.1 Å². The van der Waals surface area contributed by atoms with E-state index in [-0.39, 0.29) is 23.7 Å². The van der Waals surface area contributed by atoms with Crippen molar-refractivity contribution in [1.82, 2.24) is 5.32 Å². The number of amides is 1. The van der Waals surface area contributed by atoms with Gasteiger partial charge in [-0.25, -0.2) is 4.39 Å². The number of rotatable bonds is 4. The fraction of sp³-hybridized carbons (Fsp3) is 0.588. The van der Waals surface area contributed by atoms with E-state index >= 15 is 0 Å². The molecule has 3 heteroatoms. The molecule has 2 aliphatic carbocycles. The highest BCUT2D eigenvalue weighted by Gasteiger charge is 2.36. The number of aryl methyl sites for hydroxylation is 1. The summed E-state index contributed by atoms with van der Waals surface area (Å²) in [5, 5.41) is 3.12. The predicted molar refractivity (Wildman–Crippen MR) is 76.7 cm³/mol. The molecular weight excluding hydrogens is 253 g/mol. The standard InChI is InChI=1S/C17H22FNO/c1-11-6-9-14(15(18)10-11)16(12-7-8-12)19-17(20)13-4-2-3-5-13/h6,9-10,12-13,16H,2-5,7-8H2,1H3,(H,19,20)/t16-/m1/s1. The molecule has 0 aromatic heterocycles. The van der Waals surface area contributed by atoms with Crippen LogP contribution < -0.4 is 5.32 Å². The average Bonchev–Trinajstić information content (AvgIpc) is 3.10. The molecule has 0 bridgehead atoms. The quantitative estimate of drug-likeness (QED) is 0.887. The van der Waals surface area contributed by atoms with Gasteiger partial charge in [-0.3, -0.25) is 4.79 Å². The maximum absolute atomic E-state index is 14.2. The second kappa shape index (κ2) is 5.55. The van der Waals surface area contributed by atoms with Crippen molar-refractivity contribution in [2.45, 2.75) is 51.5 Å². The predicted octanol–water partition coefficient (Wildman–Crippen LogP) is 3.89. The Morgan fingerprint density at radius 1 is 1.25 bits per heavy atom. The Bertz CT molecular complexity index is 504. The molecular formula is C17H22FNO. The van der Waals surface area contributed by atoms with Crippen LogP contribution in [0.25, 0.3) is 0 Å². The number of halogens is 1. The normalized spacial score (nSPS) is 20.9. The van der Waals surface area contributed by atoms with Crippen molar-refractivity contribution in [3.63, 3.8) is 0 Å². The number of carbonyl (C=O) groups is 1. The zero-order valence-corrected chi connectivity index (χ0v) is 12.0. The Kier molecular flexibility index (Phi) is 3.77. The van der Waals surface area contributed by atoms with Crippen LogP contribution in [-0.2, 0) is 4.79 Å². The van der Waals surface area contributed by atoms with Gasteiger partial charge in [-0.15, -0.1) is 0 Å². The van der Waals surface area contributed by atoms with Gasteiger partial charge in [-0.2, -0.15) is 0 Å². The first-order valence-electron chi connectivity index (χ1n) is 7.71. The van der Waals surface area contributed by atoms with Gasteiger partial charge in [0.15, 0.2) is 0 Å². The lowest BCUT2D eigenvalue weighted by molar-refractivity contribution is -0.125. The number of benzene rings is 1. The van der Waals surface area contributed by atoms with Crippen LogP contribution in [0, 0.1) is 24.6 Å². The summed E-state index contributed by atoms with van der Waals surface area (Å²) in [7, 11) is 0. The number of nitrogens with one attached hydrogen (secondary N) is 1. The van der Waals surface area contributed by atoms with Gasteiger partial charge in [0.25, 0.3) is 0 Å². The summed E-state index contributed by atoms with van der Waals surface area (Å²) >= 11 is 0. The summed E-state index contributed by atoms with van der Waals surface area (Å²) in [6.45, 7) is 1.89. The zero-order chi connectivity index (χ0) is 14.1. The first-order chi connectivity index (χ1) is 9.65. The van der Waals surface area contributed by atoms with Crippen LogP contribution in [0.4, 0.5) is 4.39 Å². The van der Waals surface area contributed by atoms with Gasteiger partial charge < -0.3 is 5.32 Å². The van der Waals surface area contributed by atoms with E-state index in [1.54, 1.807) is 6.07 Å². The molecule has 1 aromatic rings. The van der Waals surface area contributed by atoms with Crippen LogP contribution in [-0.4, -0.2) is 5.91 Å². The molecule has 1 aromatic carbocycles. The van der Waals surface area contributed by atoms with Gasteiger partial charge in [0.05, 0.1) is 6.04 Å². The van der Waals surface area contributed by atoms with Crippen LogP contribution >= 0.6 is 0 Å². The fourth-order valence-electron chi connectivity index (χ4n) is 3.22. The lowest BCUT2D eigenvalue weighted by atomic mass is 9.98. The Hall–Kier alpha value is -1.38. The molecule has 0 aliphatic heterocycles. The minimum absolute atomic E-state index is 0.124. The molecule has 0 heterocycles. The largest absolute Gasteiger partial charge is 0.349 e. The van der Waals surface area contributed by atoms with Crippen molar-refractivity contribution < 1.29 is 9.18 Å².